The highest BCUT2D eigenvalue weighted by Gasteiger charge is 2.14. The van der Waals surface area contributed by atoms with Crippen molar-refractivity contribution in [1.82, 2.24) is 4.98 Å². The summed E-state index contributed by atoms with van der Waals surface area (Å²) in [4.78, 5) is 26.0. The third kappa shape index (κ3) is 4.28. The number of methoxy groups -OCH3 is 1. The van der Waals surface area contributed by atoms with Crippen molar-refractivity contribution < 1.29 is 14.5 Å². The van der Waals surface area contributed by atoms with Crippen LogP contribution >= 0.6 is 0 Å². The quantitative estimate of drug-likeness (QED) is 0.496. The first kappa shape index (κ1) is 17.4. The summed E-state index contributed by atoms with van der Waals surface area (Å²) in [6, 6.07) is 10.6. The van der Waals surface area contributed by atoms with Gasteiger partial charge in [-0.25, -0.2) is 4.98 Å². The predicted octanol–water partition coefficient (Wildman–Crippen LogP) is 3.39. The molecule has 0 aliphatic rings. The fourth-order valence-corrected chi connectivity index (χ4v) is 2.33. The first-order valence-corrected chi connectivity index (χ1v) is 7.46. The van der Waals surface area contributed by atoms with E-state index in [1.807, 2.05) is 31.2 Å². The Bertz CT molecular complexity index is 744. The molecule has 24 heavy (non-hydrogen) atoms. The molecule has 0 fully saturated rings. The molecule has 0 aliphatic carbocycles. The minimum absolute atomic E-state index is 0.00676. The highest BCUT2D eigenvalue weighted by molar-refractivity contribution is 5.72. The lowest BCUT2D eigenvalue weighted by atomic mass is 10.0. The fraction of sp³-hybridized carbons (Fsp3) is 0.294. The Labute approximate surface area is 139 Å². The largest absolute Gasteiger partial charge is 0.469 e. The number of aromatic nitrogens is 1. The van der Waals surface area contributed by atoms with E-state index < -0.39 is 4.92 Å². The summed E-state index contributed by atoms with van der Waals surface area (Å²) in [5, 5.41) is 13.9. The Balaban J connectivity index is 2.05. The van der Waals surface area contributed by atoms with Crippen molar-refractivity contribution in [3.8, 4) is 0 Å². The lowest BCUT2D eigenvalue weighted by Gasteiger charge is -2.10. The molecular weight excluding hydrogens is 310 g/mol. The van der Waals surface area contributed by atoms with Gasteiger partial charge in [0, 0.05) is 11.8 Å². The van der Waals surface area contributed by atoms with E-state index in [0.29, 0.717) is 17.9 Å². The van der Waals surface area contributed by atoms with E-state index in [1.165, 1.54) is 13.2 Å². The zero-order valence-corrected chi connectivity index (χ0v) is 13.8. The molecule has 1 aromatic carbocycles. The van der Waals surface area contributed by atoms with E-state index >= 15 is 0 Å². The molecule has 0 amide bonds. The van der Waals surface area contributed by atoms with Crippen molar-refractivity contribution >= 4 is 23.2 Å². The van der Waals surface area contributed by atoms with E-state index in [9.17, 15) is 14.9 Å². The third-order valence-corrected chi connectivity index (χ3v) is 3.63. The van der Waals surface area contributed by atoms with Gasteiger partial charge in [-0.2, -0.15) is 0 Å². The summed E-state index contributed by atoms with van der Waals surface area (Å²) < 4.78 is 4.72. The number of carbonyl (C=O) groups is 1. The van der Waals surface area contributed by atoms with Gasteiger partial charge >= 0.3 is 5.97 Å². The van der Waals surface area contributed by atoms with Crippen LogP contribution < -0.4 is 5.32 Å². The van der Waals surface area contributed by atoms with Gasteiger partial charge in [-0.05, 0) is 37.1 Å². The van der Waals surface area contributed by atoms with Crippen LogP contribution in [0.1, 0.15) is 18.2 Å². The Morgan fingerprint density at radius 3 is 2.50 bits per heavy atom. The zero-order chi connectivity index (χ0) is 17.7. The lowest BCUT2D eigenvalue weighted by Crippen LogP contribution is -2.15. The van der Waals surface area contributed by atoms with Gasteiger partial charge < -0.3 is 10.1 Å². The summed E-state index contributed by atoms with van der Waals surface area (Å²) in [5.41, 5.74) is 2.18. The maximum Gasteiger partial charge on any atom is 0.308 e. The van der Waals surface area contributed by atoms with Gasteiger partial charge in [0.15, 0.2) is 0 Å². The second kappa shape index (κ2) is 7.54. The number of ether oxygens (including phenoxy) is 1. The first-order chi connectivity index (χ1) is 11.4. The molecule has 0 saturated carbocycles. The summed E-state index contributed by atoms with van der Waals surface area (Å²) in [6.45, 7) is 3.42. The second-order valence-electron chi connectivity index (χ2n) is 5.51. The molecule has 0 bridgehead atoms. The summed E-state index contributed by atoms with van der Waals surface area (Å²) >= 11 is 0. The van der Waals surface area contributed by atoms with Crippen molar-refractivity contribution in [3.63, 3.8) is 0 Å². The number of hydrogen-bond acceptors (Lipinski definition) is 6. The number of aryl methyl sites for hydroxylation is 1. The van der Waals surface area contributed by atoms with Gasteiger partial charge in [0.05, 0.1) is 18.0 Å². The molecule has 0 saturated heterocycles. The Hall–Kier alpha value is -2.96. The van der Waals surface area contributed by atoms with Gasteiger partial charge in [0.2, 0.25) is 0 Å². The van der Waals surface area contributed by atoms with Crippen molar-refractivity contribution in [2.24, 2.45) is 5.92 Å². The van der Waals surface area contributed by atoms with E-state index in [-0.39, 0.29) is 17.6 Å². The van der Waals surface area contributed by atoms with Crippen LogP contribution in [-0.4, -0.2) is 23.0 Å². The minimum Gasteiger partial charge on any atom is -0.469 e. The molecule has 0 aliphatic heterocycles. The number of hydrogen-bond donors (Lipinski definition) is 1. The van der Waals surface area contributed by atoms with E-state index in [4.69, 9.17) is 4.74 Å². The Morgan fingerprint density at radius 1 is 1.29 bits per heavy atom. The molecule has 7 heteroatoms. The van der Waals surface area contributed by atoms with Crippen LogP contribution in [0.4, 0.5) is 17.2 Å². The third-order valence-electron chi connectivity index (χ3n) is 3.63. The normalized spacial score (nSPS) is 11.6. The maximum atomic E-state index is 11.4. The molecule has 0 radical (unpaired) electrons. The number of nitrogens with zero attached hydrogens (tertiary/aromatic N) is 2. The highest BCUT2D eigenvalue weighted by Crippen LogP contribution is 2.21. The average molecular weight is 329 g/mol. The first-order valence-electron chi connectivity index (χ1n) is 7.46. The topological polar surface area (TPSA) is 94.4 Å². The van der Waals surface area contributed by atoms with Gasteiger partial charge in [-0.3, -0.25) is 14.9 Å². The van der Waals surface area contributed by atoms with Gasteiger partial charge in [-0.15, -0.1) is 0 Å². The number of pyridine rings is 1. The number of carbonyl (C=O) groups excluding carboxylic acids is 1. The predicted molar refractivity (Wildman–Crippen MR) is 90.2 cm³/mol. The molecule has 1 N–H and O–H groups in total. The van der Waals surface area contributed by atoms with Crippen LogP contribution in [-0.2, 0) is 16.0 Å². The molecule has 7 nitrogen and oxygen atoms in total. The molecule has 1 aromatic heterocycles. The molecule has 2 rings (SSSR count). The lowest BCUT2D eigenvalue weighted by molar-refractivity contribution is -0.385. The summed E-state index contributed by atoms with van der Waals surface area (Å²) in [7, 11) is 1.38. The standard InChI is InChI=1S/C17H19N3O4/c1-11(17(21)24-3)10-13-4-6-14(7-5-13)19-16-9-8-15(20(22)23)12(2)18-16/h4-9,11H,10H2,1-3H3,(H,18,19). The number of anilines is 2. The SMILES string of the molecule is COC(=O)C(C)Cc1ccc(Nc2ccc([N+](=O)[O-])c(C)n2)cc1. The number of rotatable bonds is 6. The molecule has 1 unspecified atom stereocenters. The monoisotopic (exact) mass is 329 g/mol. The van der Waals surface area contributed by atoms with Gasteiger partial charge in [0.25, 0.3) is 5.69 Å². The molecule has 1 heterocycles. The van der Waals surface area contributed by atoms with E-state index in [1.54, 1.807) is 13.0 Å². The zero-order valence-electron chi connectivity index (χ0n) is 13.8. The molecule has 2 aromatic rings. The summed E-state index contributed by atoms with van der Waals surface area (Å²) in [6.07, 6.45) is 0.599. The second-order valence-corrected chi connectivity index (χ2v) is 5.51. The number of benzene rings is 1. The van der Waals surface area contributed by atoms with Gasteiger partial charge in [-0.1, -0.05) is 19.1 Å². The number of nitro groups is 1. The Kier molecular flexibility index (Phi) is 5.47. The van der Waals surface area contributed by atoms with Crippen molar-refractivity contribution in [2.75, 3.05) is 12.4 Å². The van der Waals surface area contributed by atoms with Crippen LogP contribution in [0.3, 0.4) is 0 Å². The van der Waals surface area contributed by atoms with E-state index in [2.05, 4.69) is 10.3 Å². The maximum absolute atomic E-state index is 11.4. The fourth-order valence-electron chi connectivity index (χ4n) is 2.33. The molecular formula is C17H19N3O4. The van der Waals surface area contributed by atoms with Crippen LogP contribution in [0.15, 0.2) is 36.4 Å². The number of esters is 1. The highest BCUT2D eigenvalue weighted by atomic mass is 16.6. The van der Waals surface area contributed by atoms with Crippen molar-refractivity contribution in [1.29, 1.82) is 0 Å². The molecule has 0 spiro atoms. The summed E-state index contributed by atoms with van der Waals surface area (Å²) in [5.74, 6) is 0.101. The average Bonchev–Trinajstić information content (AvgIpc) is 2.55. The van der Waals surface area contributed by atoms with Crippen LogP contribution in [0.5, 0.6) is 0 Å². The van der Waals surface area contributed by atoms with Crippen LogP contribution in [0, 0.1) is 23.0 Å². The van der Waals surface area contributed by atoms with Crippen molar-refractivity contribution in [2.45, 2.75) is 20.3 Å². The van der Waals surface area contributed by atoms with Crippen LogP contribution in [0.2, 0.25) is 0 Å². The Morgan fingerprint density at radius 2 is 1.96 bits per heavy atom. The number of nitrogens with one attached hydrogen (secondary N) is 1. The van der Waals surface area contributed by atoms with Crippen LogP contribution in [0.25, 0.3) is 0 Å². The molecule has 1 atom stereocenters. The van der Waals surface area contributed by atoms with Gasteiger partial charge in [0.1, 0.15) is 11.5 Å². The molecule has 126 valence electrons. The van der Waals surface area contributed by atoms with Crippen molar-refractivity contribution in [3.05, 3.63) is 57.8 Å². The minimum atomic E-state index is -0.455. The van der Waals surface area contributed by atoms with E-state index in [0.717, 1.165) is 11.3 Å². The smallest absolute Gasteiger partial charge is 0.308 e.